The number of carbonyl (C=O) groups excluding carboxylic acids is 1. The molecule has 1 amide bonds. The number of likely N-dealkylation sites (N-methyl/N-ethyl adjacent to an activating group) is 1. The van der Waals surface area contributed by atoms with Crippen LogP contribution < -0.4 is 5.32 Å². The van der Waals surface area contributed by atoms with Crippen molar-refractivity contribution in [2.24, 2.45) is 5.92 Å². The molecule has 0 aromatic carbocycles. The summed E-state index contributed by atoms with van der Waals surface area (Å²) in [6.45, 7) is 2.93. The maximum Gasteiger partial charge on any atom is 0.239 e. The van der Waals surface area contributed by atoms with Crippen molar-refractivity contribution in [3.05, 3.63) is 11.8 Å². The Morgan fingerprint density at radius 1 is 1.67 bits per heavy atom. The Morgan fingerprint density at radius 3 is 2.94 bits per heavy atom. The molecule has 0 radical (unpaired) electrons. The molecule has 0 saturated heterocycles. The normalized spacial score (nSPS) is 22.9. The number of aliphatic hydroxyl groups is 1. The first-order chi connectivity index (χ1) is 8.52. The van der Waals surface area contributed by atoms with E-state index in [1.54, 1.807) is 13.0 Å². The zero-order valence-electron chi connectivity index (χ0n) is 10.7. The zero-order valence-corrected chi connectivity index (χ0v) is 10.7. The minimum absolute atomic E-state index is 0.106. The van der Waals surface area contributed by atoms with Gasteiger partial charge in [-0.3, -0.25) is 9.69 Å². The lowest BCUT2D eigenvalue weighted by molar-refractivity contribution is -0.117. The second kappa shape index (κ2) is 5.49. The smallest absolute Gasteiger partial charge is 0.239 e. The van der Waals surface area contributed by atoms with Crippen LogP contribution in [0.5, 0.6) is 0 Å². The predicted molar refractivity (Wildman–Crippen MR) is 66.1 cm³/mol. The third kappa shape index (κ3) is 3.54. The van der Waals surface area contributed by atoms with Gasteiger partial charge in [0.25, 0.3) is 0 Å². The summed E-state index contributed by atoms with van der Waals surface area (Å²) in [6, 6.07) is 1.68. The maximum absolute atomic E-state index is 11.7. The Balaban J connectivity index is 1.70. The number of anilines is 1. The van der Waals surface area contributed by atoms with Gasteiger partial charge in [-0.2, -0.15) is 0 Å². The fourth-order valence-electron chi connectivity index (χ4n) is 2.21. The lowest BCUT2D eigenvalue weighted by atomic mass is 9.82. The number of amides is 1. The van der Waals surface area contributed by atoms with Gasteiger partial charge in [-0.1, -0.05) is 5.16 Å². The Morgan fingerprint density at radius 2 is 2.39 bits per heavy atom. The van der Waals surface area contributed by atoms with E-state index in [1.807, 2.05) is 11.9 Å². The molecule has 0 atom stereocenters. The van der Waals surface area contributed by atoms with Crippen molar-refractivity contribution in [2.45, 2.75) is 25.9 Å². The maximum atomic E-state index is 11.7. The summed E-state index contributed by atoms with van der Waals surface area (Å²) in [7, 11) is 1.90. The van der Waals surface area contributed by atoms with Gasteiger partial charge in [-0.05, 0) is 32.7 Å². The van der Waals surface area contributed by atoms with E-state index in [-0.39, 0.29) is 12.0 Å². The molecule has 1 saturated carbocycles. The van der Waals surface area contributed by atoms with Crippen LogP contribution in [0, 0.1) is 12.8 Å². The van der Waals surface area contributed by atoms with E-state index in [2.05, 4.69) is 10.5 Å². The molecule has 18 heavy (non-hydrogen) atoms. The summed E-state index contributed by atoms with van der Waals surface area (Å²) in [5, 5.41) is 15.6. The molecule has 2 N–H and O–H groups in total. The molecule has 1 aliphatic rings. The fraction of sp³-hybridized carbons (Fsp3) is 0.667. The van der Waals surface area contributed by atoms with E-state index in [4.69, 9.17) is 4.52 Å². The quantitative estimate of drug-likeness (QED) is 0.804. The number of nitrogens with zero attached hydrogens (tertiary/aromatic N) is 2. The summed E-state index contributed by atoms with van der Waals surface area (Å²) in [4.78, 5) is 13.7. The van der Waals surface area contributed by atoms with Crippen molar-refractivity contribution in [3.8, 4) is 0 Å². The predicted octanol–water partition coefficient (Wildman–Crippen LogP) is 0.624. The molecule has 6 nitrogen and oxygen atoms in total. The summed E-state index contributed by atoms with van der Waals surface area (Å²) < 4.78 is 4.87. The molecule has 0 spiro atoms. The summed E-state index contributed by atoms with van der Waals surface area (Å²) in [5.41, 5.74) is 0. The van der Waals surface area contributed by atoms with Crippen LogP contribution >= 0.6 is 0 Å². The molecule has 1 heterocycles. The monoisotopic (exact) mass is 253 g/mol. The number of hydrogen-bond acceptors (Lipinski definition) is 5. The van der Waals surface area contributed by atoms with E-state index >= 15 is 0 Å². The first-order valence-corrected chi connectivity index (χ1v) is 6.12. The molecular weight excluding hydrogens is 234 g/mol. The van der Waals surface area contributed by atoms with E-state index in [1.165, 1.54) is 0 Å². The molecule has 1 aliphatic carbocycles. The average molecular weight is 253 g/mol. The summed E-state index contributed by atoms with van der Waals surface area (Å²) in [5.74, 6) is 1.52. The van der Waals surface area contributed by atoms with Gasteiger partial charge >= 0.3 is 0 Å². The Kier molecular flexibility index (Phi) is 3.98. The molecule has 0 unspecified atom stereocenters. The van der Waals surface area contributed by atoms with Crippen LogP contribution in [0.4, 0.5) is 5.82 Å². The molecular formula is C12H19N3O3. The molecule has 6 heteroatoms. The van der Waals surface area contributed by atoms with Gasteiger partial charge in [0.2, 0.25) is 5.91 Å². The number of rotatable bonds is 5. The molecule has 1 aromatic heterocycles. The van der Waals surface area contributed by atoms with Gasteiger partial charge in [-0.25, -0.2) is 0 Å². The summed E-state index contributed by atoms with van der Waals surface area (Å²) in [6.07, 6.45) is 1.54. The Bertz CT molecular complexity index is 412. The van der Waals surface area contributed by atoms with Crippen LogP contribution in [0.15, 0.2) is 10.6 Å². The van der Waals surface area contributed by atoms with Gasteiger partial charge in [0, 0.05) is 12.6 Å². The second-order valence-corrected chi connectivity index (χ2v) is 5.06. The van der Waals surface area contributed by atoms with Crippen molar-refractivity contribution >= 4 is 11.7 Å². The number of hydrogen-bond donors (Lipinski definition) is 2. The lowest BCUT2D eigenvalue weighted by Crippen LogP contribution is -2.39. The molecule has 100 valence electrons. The second-order valence-electron chi connectivity index (χ2n) is 5.06. The number of nitrogens with one attached hydrogen (secondary N) is 1. The van der Waals surface area contributed by atoms with Crippen LogP contribution in [-0.4, -0.2) is 47.3 Å². The van der Waals surface area contributed by atoms with Crippen molar-refractivity contribution in [3.63, 3.8) is 0 Å². The third-order valence-electron chi connectivity index (χ3n) is 3.09. The Hall–Kier alpha value is -1.40. The highest BCUT2D eigenvalue weighted by atomic mass is 16.5. The lowest BCUT2D eigenvalue weighted by Gasteiger charge is -2.34. The number of aromatic nitrogens is 1. The topological polar surface area (TPSA) is 78.6 Å². The molecule has 1 fully saturated rings. The van der Waals surface area contributed by atoms with Gasteiger partial charge in [0.05, 0.1) is 12.6 Å². The minimum Gasteiger partial charge on any atom is -0.393 e. The number of aryl methyl sites for hydroxylation is 1. The first kappa shape index (κ1) is 13.0. The largest absolute Gasteiger partial charge is 0.393 e. The minimum atomic E-state index is -0.143. The van der Waals surface area contributed by atoms with E-state index in [0.717, 1.165) is 19.4 Å². The fourth-order valence-corrected chi connectivity index (χ4v) is 2.21. The van der Waals surface area contributed by atoms with E-state index < -0.39 is 0 Å². The number of carbonyl (C=O) groups is 1. The standard InChI is InChI=1S/C12H19N3O3/c1-8-3-11(14-18-8)13-12(17)7-15(2)6-9-4-10(16)5-9/h3,9-10,16H,4-7H2,1-2H3,(H,13,14,17). The molecule has 2 rings (SSSR count). The highest BCUT2D eigenvalue weighted by molar-refractivity contribution is 5.91. The van der Waals surface area contributed by atoms with Crippen LogP contribution in [0.1, 0.15) is 18.6 Å². The van der Waals surface area contributed by atoms with Gasteiger partial charge in [0.1, 0.15) is 5.76 Å². The number of aliphatic hydroxyl groups excluding tert-OH is 1. The van der Waals surface area contributed by atoms with Crippen LogP contribution in [0.25, 0.3) is 0 Å². The SMILES string of the molecule is Cc1cc(NC(=O)CN(C)CC2CC(O)C2)no1. The first-order valence-electron chi connectivity index (χ1n) is 6.12. The van der Waals surface area contributed by atoms with Crippen molar-refractivity contribution in [1.82, 2.24) is 10.1 Å². The third-order valence-corrected chi connectivity index (χ3v) is 3.09. The van der Waals surface area contributed by atoms with Gasteiger partial charge in [0.15, 0.2) is 5.82 Å². The highest BCUT2D eigenvalue weighted by Crippen LogP contribution is 2.27. The summed E-state index contributed by atoms with van der Waals surface area (Å²) >= 11 is 0. The van der Waals surface area contributed by atoms with E-state index in [9.17, 15) is 9.90 Å². The van der Waals surface area contributed by atoms with Crippen LogP contribution in [0.3, 0.4) is 0 Å². The van der Waals surface area contributed by atoms with Gasteiger partial charge < -0.3 is 14.9 Å². The van der Waals surface area contributed by atoms with Crippen molar-refractivity contribution in [1.29, 1.82) is 0 Å². The van der Waals surface area contributed by atoms with Crippen LogP contribution in [-0.2, 0) is 4.79 Å². The highest BCUT2D eigenvalue weighted by Gasteiger charge is 2.28. The molecule has 1 aromatic rings. The van der Waals surface area contributed by atoms with E-state index in [0.29, 0.717) is 24.0 Å². The van der Waals surface area contributed by atoms with Gasteiger partial charge in [-0.15, -0.1) is 0 Å². The molecule has 0 aliphatic heterocycles. The molecule has 0 bridgehead atoms. The van der Waals surface area contributed by atoms with Crippen molar-refractivity contribution in [2.75, 3.05) is 25.5 Å². The van der Waals surface area contributed by atoms with Crippen LogP contribution in [0.2, 0.25) is 0 Å². The average Bonchev–Trinajstić information content (AvgIpc) is 2.61. The zero-order chi connectivity index (χ0) is 13.1. The Labute approximate surface area is 106 Å². The van der Waals surface area contributed by atoms with Crippen molar-refractivity contribution < 1.29 is 14.4 Å².